The number of nitrogens with one attached hydrogen (secondary N) is 1. The van der Waals surface area contributed by atoms with Crippen LogP contribution in [0.4, 0.5) is 0 Å². The second kappa shape index (κ2) is 7.17. The first-order valence-electron chi connectivity index (χ1n) is 4.67. The zero-order chi connectivity index (χ0) is 10.2. The third-order valence-electron chi connectivity index (χ3n) is 1.78. The summed E-state index contributed by atoms with van der Waals surface area (Å²) in [5.41, 5.74) is 1.30. The molecule has 0 heterocycles. The molecule has 1 rings (SSSR count). The van der Waals surface area contributed by atoms with E-state index in [1.165, 1.54) is 28.8 Å². The Morgan fingerprint density at radius 3 is 2.86 bits per heavy atom. The minimum atomic E-state index is 0.973. The van der Waals surface area contributed by atoms with Gasteiger partial charge in [-0.25, -0.2) is 0 Å². The smallest absolute Gasteiger partial charge is 0.0341 e. The van der Waals surface area contributed by atoms with Gasteiger partial charge in [-0.05, 0) is 30.0 Å². The molecular formula is C10H16N2S2. The minimum absolute atomic E-state index is 0.973. The molecule has 0 aliphatic heterocycles. The van der Waals surface area contributed by atoms with Gasteiger partial charge in [0.15, 0.2) is 0 Å². The Morgan fingerprint density at radius 2 is 2.14 bits per heavy atom. The highest BCUT2D eigenvalue weighted by Gasteiger charge is 1.99. The lowest BCUT2D eigenvalue weighted by atomic mass is 10.2. The monoisotopic (exact) mass is 228 g/mol. The fraction of sp³-hybridized carbons (Fsp3) is 0.400. The van der Waals surface area contributed by atoms with E-state index in [2.05, 4.69) is 29.8 Å². The first-order chi connectivity index (χ1) is 6.88. The first-order valence-corrected chi connectivity index (χ1v) is 6.54. The molecule has 2 nitrogen and oxygen atoms in total. The Kier molecular flexibility index (Phi) is 6.10. The van der Waals surface area contributed by atoms with Gasteiger partial charge in [0.1, 0.15) is 0 Å². The van der Waals surface area contributed by atoms with Crippen LogP contribution in [0.2, 0.25) is 0 Å². The van der Waals surface area contributed by atoms with Gasteiger partial charge >= 0.3 is 0 Å². The Morgan fingerprint density at radius 1 is 1.36 bits per heavy atom. The van der Waals surface area contributed by atoms with Crippen molar-refractivity contribution in [3.8, 4) is 0 Å². The quantitative estimate of drug-likeness (QED) is 0.580. The summed E-state index contributed by atoms with van der Waals surface area (Å²) < 4.78 is 3.30. The van der Waals surface area contributed by atoms with E-state index in [1.807, 2.05) is 6.07 Å². The van der Waals surface area contributed by atoms with Gasteiger partial charge in [-0.15, -0.1) is 0 Å². The van der Waals surface area contributed by atoms with Crippen LogP contribution in [0.3, 0.4) is 0 Å². The summed E-state index contributed by atoms with van der Waals surface area (Å²) in [5.74, 6) is 0.973. The number of nitrogens with two attached hydrogens (primary N) is 1. The van der Waals surface area contributed by atoms with Crippen molar-refractivity contribution in [3.63, 3.8) is 0 Å². The van der Waals surface area contributed by atoms with E-state index in [4.69, 9.17) is 5.14 Å². The van der Waals surface area contributed by atoms with Crippen molar-refractivity contribution in [3.05, 3.63) is 29.8 Å². The van der Waals surface area contributed by atoms with E-state index in [0.29, 0.717) is 0 Å². The van der Waals surface area contributed by atoms with Crippen LogP contribution in [0.5, 0.6) is 0 Å². The molecule has 1 aromatic rings. The lowest BCUT2D eigenvalue weighted by molar-refractivity contribution is 0.876. The van der Waals surface area contributed by atoms with E-state index in [9.17, 15) is 0 Å². The van der Waals surface area contributed by atoms with Gasteiger partial charge in [0.25, 0.3) is 0 Å². The zero-order valence-corrected chi connectivity index (χ0v) is 9.96. The first kappa shape index (κ1) is 11.9. The van der Waals surface area contributed by atoms with Crippen molar-refractivity contribution in [1.82, 2.24) is 4.72 Å². The van der Waals surface area contributed by atoms with Gasteiger partial charge in [0.2, 0.25) is 0 Å². The molecule has 0 saturated carbocycles. The normalized spacial score (nSPS) is 10.4. The molecule has 0 aliphatic rings. The fourth-order valence-corrected chi connectivity index (χ4v) is 2.44. The van der Waals surface area contributed by atoms with E-state index in [-0.39, 0.29) is 0 Å². The van der Waals surface area contributed by atoms with Crippen molar-refractivity contribution in [2.75, 3.05) is 6.54 Å². The number of benzene rings is 1. The van der Waals surface area contributed by atoms with Crippen LogP contribution < -0.4 is 9.86 Å². The largest absolute Gasteiger partial charge is 0.274 e. The van der Waals surface area contributed by atoms with Gasteiger partial charge in [-0.2, -0.15) is 0 Å². The van der Waals surface area contributed by atoms with Gasteiger partial charge in [-0.1, -0.05) is 37.1 Å². The summed E-state index contributed by atoms with van der Waals surface area (Å²) in [4.78, 5) is 1.17. The molecule has 4 heteroatoms. The van der Waals surface area contributed by atoms with Crippen molar-refractivity contribution < 1.29 is 0 Å². The number of rotatable bonds is 6. The van der Waals surface area contributed by atoms with Crippen LogP contribution >= 0.6 is 23.9 Å². The molecule has 3 N–H and O–H groups in total. The minimum Gasteiger partial charge on any atom is -0.274 e. The van der Waals surface area contributed by atoms with Crippen LogP contribution in [0.15, 0.2) is 29.2 Å². The van der Waals surface area contributed by atoms with Crippen LogP contribution in [0, 0.1) is 0 Å². The highest BCUT2D eigenvalue weighted by molar-refractivity contribution is 7.97. The number of hydrogen-bond donors (Lipinski definition) is 2. The Labute approximate surface area is 94.3 Å². The van der Waals surface area contributed by atoms with E-state index in [0.717, 1.165) is 12.3 Å². The third kappa shape index (κ3) is 3.92. The molecule has 0 radical (unpaired) electrons. The molecule has 0 amide bonds. The molecule has 0 aliphatic carbocycles. The lowest BCUT2D eigenvalue weighted by Crippen LogP contribution is -2.04. The molecule has 0 bridgehead atoms. The molecule has 0 saturated heterocycles. The maximum atomic E-state index is 5.57. The highest BCUT2D eigenvalue weighted by Crippen LogP contribution is 2.21. The molecule has 0 aromatic heterocycles. The van der Waals surface area contributed by atoms with E-state index < -0.39 is 0 Å². The number of hydrogen-bond acceptors (Lipinski definition) is 4. The van der Waals surface area contributed by atoms with Crippen molar-refractivity contribution >= 4 is 23.9 Å². The molecule has 0 spiro atoms. The second-order valence-electron chi connectivity index (χ2n) is 2.91. The maximum Gasteiger partial charge on any atom is 0.0341 e. The molecule has 0 fully saturated rings. The Bertz CT molecular complexity index is 266. The molecule has 0 unspecified atom stereocenters. The summed E-state index contributed by atoms with van der Waals surface area (Å²) in [7, 11) is 0. The van der Waals surface area contributed by atoms with Gasteiger partial charge in [-0.3, -0.25) is 9.86 Å². The van der Waals surface area contributed by atoms with E-state index >= 15 is 0 Å². The van der Waals surface area contributed by atoms with Crippen molar-refractivity contribution in [2.24, 2.45) is 5.14 Å². The van der Waals surface area contributed by atoms with Crippen molar-refractivity contribution in [2.45, 2.75) is 24.0 Å². The molecular weight excluding hydrogens is 212 g/mol. The van der Waals surface area contributed by atoms with Crippen LogP contribution in [-0.2, 0) is 5.75 Å². The average molecular weight is 228 g/mol. The lowest BCUT2D eigenvalue weighted by Gasteiger charge is -2.06. The Balaban J connectivity index is 2.41. The highest BCUT2D eigenvalue weighted by atomic mass is 32.2. The summed E-state index contributed by atoms with van der Waals surface area (Å²) in [6.07, 6.45) is 1.17. The SMILES string of the molecule is CCCNSCc1ccccc1SN. The topological polar surface area (TPSA) is 38.0 Å². The van der Waals surface area contributed by atoms with Gasteiger partial charge in [0, 0.05) is 17.2 Å². The predicted octanol–water partition coefficient (Wildman–Crippen LogP) is 2.80. The zero-order valence-electron chi connectivity index (χ0n) is 8.32. The predicted molar refractivity (Wildman–Crippen MR) is 66.1 cm³/mol. The summed E-state index contributed by atoms with van der Waals surface area (Å²) in [6, 6.07) is 8.24. The Hall–Kier alpha value is -0.160. The third-order valence-corrected chi connectivity index (χ3v) is 3.30. The van der Waals surface area contributed by atoms with Crippen LogP contribution in [0.25, 0.3) is 0 Å². The maximum absolute atomic E-state index is 5.57. The van der Waals surface area contributed by atoms with Gasteiger partial charge in [0.05, 0.1) is 0 Å². The van der Waals surface area contributed by atoms with Crippen LogP contribution in [0.1, 0.15) is 18.9 Å². The average Bonchev–Trinajstić information content (AvgIpc) is 2.25. The fourth-order valence-electron chi connectivity index (χ4n) is 1.04. The standard InChI is InChI=1S/C10H16N2S2/c1-2-7-12-13-8-9-5-3-4-6-10(9)14-11/h3-6,12H,2,7-8,11H2,1H3. The summed E-state index contributed by atoms with van der Waals surface area (Å²) in [5, 5.41) is 5.57. The second-order valence-corrected chi connectivity index (χ2v) is 4.45. The summed E-state index contributed by atoms with van der Waals surface area (Å²) >= 11 is 3.06. The molecule has 14 heavy (non-hydrogen) atoms. The molecule has 0 atom stereocenters. The molecule has 1 aromatic carbocycles. The van der Waals surface area contributed by atoms with E-state index in [1.54, 1.807) is 11.9 Å². The summed E-state index contributed by atoms with van der Waals surface area (Å²) in [6.45, 7) is 3.22. The van der Waals surface area contributed by atoms with Gasteiger partial charge < -0.3 is 0 Å². The van der Waals surface area contributed by atoms with Crippen molar-refractivity contribution in [1.29, 1.82) is 0 Å². The molecule has 78 valence electrons. The van der Waals surface area contributed by atoms with Crippen LogP contribution in [-0.4, -0.2) is 6.54 Å².